The Hall–Kier alpha value is -5.50. The third-order valence-electron chi connectivity index (χ3n) is 5.36. The smallest absolute Gasteiger partial charge is 0.338 e. The Morgan fingerprint density at radius 2 is 0.976 bits per heavy atom. The summed E-state index contributed by atoms with van der Waals surface area (Å²) < 4.78 is 21.0. The largest absolute Gasteiger partial charge is 0.429 e. The number of hydrogen-bond donors (Lipinski definition) is 0. The van der Waals surface area contributed by atoms with Gasteiger partial charge in [0.2, 0.25) is 0 Å². The zero-order valence-electron chi connectivity index (χ0n) is 22.9. The molecule has 0 N–H and O–H groups in total. The summed E-state index contributed by atoms with van der Waals surface area (Å²) in [5.41, 5.74) is 3.51. The Labute approximate surface area is 237 Å². The second-order valence-corrected chi connectivity index (χ2v) is 9.11. The average Bonchev–Trinajstić information content (AvgIpc) is 2.92. The topological polar surface area (TPSA) is 105 Å². The van der Waals surface area contributed by atoms with E-state index in [0.717, 1.165) is 11.1 Å². The molecule has 0 radical (unpaired) electrons. The van der Waals surface area contributed by atoms with E-state index in [-0.39, 0.29) is 46.2 Å². The van der Waals surface area contributed by atoms with Crippen molar-refractivity contribution in [1.29, 1.82) is 0 Å². The van der Waals surface area contributed by atoms with Crippen LogP contribution in [0.15, 0.2) is 97.1 Å². The van der Waals surface area contributed by atoms with Gasteiger partial charge in [0.1, 0.15) is 23.0 Å². The molecule has 3 aromatic rings. The van der Waals surface area contributed by atoms with Crippen LogP contribution in [-0.4, -0.2) is 24.4 Å². The van der Waals surface area contributed by atoms with E-state index in [1.54, 1.807) is 30.3 Å². The molecular formula is C33H28O8. The normalized spacial score (nSPS) is 10.4. The summed E-state index contributed by atoms with van der Waals surface area (Å²) in [6.07, 6.45) is 3.58. The minimum Gasteiger partial charge on any atom is -0.429 e. The van der Waals surface area contributed by atoms with Gasteiger partial charge in [0.05, 0.1) is 0 Å². The van der Waals surface area contributed by atoms with Crippen molar-refractivity contribution in [2.24, 2.45) is 0 Å². The van der Waals surface area contributed by atoms with Gasteiger partial charge in [-0.25, -0.2) is 14.4 Å². The van der Waals surface area contributed by atoms with Crippen LogP contribution in [0.4, 0.5) is 0 Å². The Morgan fingerprint density at radius 3 is 1.44 bits per heavy atom. The SMILES string of the molecule is C=C(C)C(=O)Oc1cc(/C=C/c2ccc(-c3cc(OC(=O)C(=C)C)cc(OC(=O)C(=C)C)c3)cc2)cc(OC=O)c1. The molecule has 0 aromatic heterocycles. The van der Waals surface area contributed by atoms with Crippen molar-refractivity contribution >= 4 is 36.5 Å². The van der Waals surface area contributed by atoms with E-state index in [4.69, 9.17) is 18.9 Å². The van der Waals surface area contributed by atoms with Gasteiger partial charge < -0.3 is 18.9 Å². The van der Waals surface area contributed by atoms with Crippen LogP contribution < -0.4 is 18.9 Å². The van der Waals surface area contributed by atoms with Gasteiger partial charge in [0.25, 0.3) is 6.47 Å². The summed E-state index contributed by atoms with van der Waals surface area (Å²) in [5, 5.41) is 0. The van der Waals surface area contributed by atoms with Crippen LogP contribution in [0.5, 0.6) is 23.0 Å². The number of carbonyl (C=O) groups excluding carboxylic acids is 4. The lowest BCUT2D eigenvalue weighted by Crippen LogP contribution is -2.10. The average molecular weight is 553 g/mol. The summed E-state index contributed by atoms with van der Waals surface area (Å²) in [6.45, 7) is 15.6. The Morgan fingerprint density at radius 1 is 0.561 bits per heavy atom. The second kappa shape index (κ2) is 13.5. The molecule has 41 heavy (non-hydrogen) atoms. The van der Waals surface area contributed by atoms with Gasteiger partial charge in [-0.05, 0) is 67.3 Å². The van der Waals surface area contributed by atoms with Crippen LogP contribution in [0.1, 0.15) is 31.9 Å². The molecule has 0 spiro atoms. The maximum atomic E-state index is 12.1. The predicted octanol–water partition coefficient (Wildman–Crippen LogP) is 6.50. The van der Waals surface area contributed by atoms with E-state index in [1.807, 2.05) is 30.3 Å². The third-order valence-corrected chi connectivity index (χ3v) is 5.36. The molecule has 0 bridgehead atoms. The van der Waals surface area contributed by atoms with Crippen molar-refractivity contribution in [3.8, 4) is 34.1 Å². The lowest BCUT2D eigenvalue weighted by atomic mass is 10.0. The summed E-state index contributed by atoms with van der Waals surface area (Å²) in [5.74, 6) is -1.05. The fourth-order valence-corrected chi connectivity index (χ4v) is 3.29. The van der Waals surface area contributed by atoms with E-state index in [2.05, 4.69) is 19.7 Å². The van der Waals surface area contributed by atoms with E-state index in [0.29, 0.717) is 11.1 Å². The first-order valence-corrected chi connectivity index (χ1v) is 12.3. The Bertz CT molecular complexity index is 1530. The standard InChI is InChI=1S/C33H28O8/c1-20(2)31(35)39-28-14-24(13-27(17-28)38-19-34)8-7-23-9-11-25(12-10-23)26-15-29(40-32(36)21(3)4)18-30(16-26)41-33(37)22(5)6/h7-19H,1,3,5H2,2,4,6H3/b8-7+. The quantitative estimate of drug-likeness (QED) is 0.0872. The van der Waals surface area contributed by atoms with Gasteiger partial charge in [-0.15, -0.1) is 0 Å². The monoisotopic (exact) mass is 552 g/mol. The molecule has 0 aliphatic heterocycles. The number of ether oxygens (including phenoxy) is 4. The lowest BCUT2D eigenvalue weighted by molar-refractivity contribution is -0.131. The van der Waals surface area contributed by atoms with Crippen molar-refractivity contribution in [2.45, 2.75) is 20.8 Å². The molecule has 8 heteroatoms. The van der Waals surface area contributed by atoms with Gasteiger partial charge in [-0.3, -0.25) is 4.79 Å². The summed E-state index contributed by atoms with van der Waals surface area (Å²) in [6, 6.07) is 16.8. The van der Waals surface area contributed by atoms with Crippen LogP contribution >= 0.6 is 0 Å². The van der Waals surface area contributed by atoms with Gasteiger partial charge in [-0.2, -0.15) is 0 Å². The van der Waals surface area contributed by atoms with Crippen LogP contribution in [0, 0.1) is 0 Å². The molecule has 0 amide bonds. The minimum atomic E-state index is -0.611. The van der Waals surface area contributed by atoms with E-state index >= 15 is 0 Å². The maximum absolute atomic E-state index is 12.1. The number of carbonyl (C=O) groups is 4. The zero-order valence-corrected chi connectivity index (χ0v) is 22.9. The van der Waals surface area contributed by atoms with Gasteiger partial charge >= 0.3 is 17.9 Å². The highest BCUT2D eigenvalue weighted by Crippen LogP contribution is 2.31. The van der Waals surface area contributed by atoms with Crippen molar-refractivity contribution in [3.63, 3.8) is 0 Å². The maximum Gasteiger partial charge on any atom is 0.338 e. The van der Waals surface area contributed by atoms with Crippen molar-refractivity contribution in [1.82, 2.24) is 0 Å². The van der Waals surface area contributed by atoms with Crippen LogP contribution in [0.2, 0.25) is 0 Å². The fraction of sp³-hybridized carbons (Fsp3) is 0.0909. The van der Waals surface area contributed by atoms with Crippen molar-refractivity contribution in [3.05, 3.63) is 108 Å². The predicted molar refractivity (Wildman–Crippen MR) is 155 cm³/mol. The first-order chi connectivity index (χ1) is 19.4. The number of esters is 3. The molecule has 208 valence electrons. The molecule has 0 saturated carbocycles. The molecule has 8 nitrogen and oxygen atoms in total. The van der Waals surface area contributed by atoms with Crippen LogP contribution in [0.25, 0.3) is 23.3 Å². The summed E-state index contributed by atoms with van der Waals surface area (Å²) in [7, 11) is 0. The molecule has 0 aliphatic carbocycles. The highest BCUT2D eigenvalue weighted by molar-refractivity contribution is 5.91. The fourth-order valence-electron chi connectivity index (χ4n) is 3.29. The zero-order chi connectivity index (χ0) is 30.1. The Kier molecular flexibility index (Phi) is 9.91. The first-order valence-electron chi connectivity index (χ1n) is 12.3. The van der Waals surface area contributed by atoms with E-state index in [9.17, 15) is 19.2 Å². The minimum absolute atomic E-state index is 0.185. The molecule has 3 rings (SSSR count). The number of hydrogen-bond acceptors (Lipinski definition) is 8. The molecule has 0 atom stereocenters. The molecular weight excluding hydrogens is 524 g/mol. The summed E-state index contributed by atoms with van der Waals surface area (Å²) >= 11 is 0. The number of benzene rings is 3. The van der Waals surface area contributed by atoms with Crippen molar-refractivity contribution in [2.75, 3.05) is 0 Å². The van der Waals surface area contributed by atoms with Gasteiger partial charge in [0.15, 0.2) is 0 Å². The number of rotatable bonds is 11. The molecule has 0 heterocycles. The molecule has 0 saturated heterocycles. The molecule has 0 fully saturated rings. The Balaban J connectivity index is 1.89. The van der Waals surface area contributed by atoms with E-state index < -0.39 is 17.9 Å². The molecule has 3 aromatic carbocycles. The third kappa shape index (κ3) is 8.76. The van der Waals surface area contributed by atoms with Crippen LogP contribution in [-0.2, 0) is 19.2 Å². The van der Waals surface area contributed by atoms with Crippen LogP contribution in [0.3, 0.4) is 0 Å². The summed E-state index contributed by atoms with van der Waals surface area (Å²) in [4.78, 5) is 46.9. The lowest BCUT2D eigenvalue weighted by Gasteiger charge is -2.11. The highest BCUT2D eigenvalue weighted by Gasteiger charge is 2.13. The first kappa shape index (κ1) is 30.0. The molecule has 0 unspecified atom stereocenters. The van der Waals surface area contributed by atoms with Crippen molar-refractivity contribution < 1.29 is 38.1 Å². The molecule has 0 aliphatic rings. The highest BCUT2D eigenvalue weighted by atomic mass is 16.6. The van der Waals surface area contributed by atoms with Gasteiger partial charge in [-0.1, -0.05) is 56.2 Å². The second-order valence-electron chi connectivity index (χ2n) is 9.11. The van der Waals surface area contributed by atoms with Gasteiger partial charge in [0, 0.05) is 28.9 Å². The van der Waals surface area contributed by atoms with E-state index in [1.165, 1.54) is 32.9 Å².